The average molecular weight is 234 g/mol. The lowest BCUT2D eigenvalue weighted by Crippen LogP contribution is -2.43. The standard InChI is InChI=1S/C15H26N2/c1-16-7-5-15(6-8-16)17(2)11-14-10-12-3-4-13(14)9-12/h3-4,12-15H,5-11H2,1-2H3. The summed E-state index contributed by atoms with van der Waals surface area (Å²) in [6.45, 7) is 3.90. The molecule has 2 nitrogen and oxygen atoms in total. The van der Waals surface area contributed by atoms with Crippen LogP contribution in [-0.2, 0) is 0 Å². The zero-order chi connectivity index (χ0) is 11.8. The van der Waals surface area contributed by atoms with Gasteiger partial charge in [-0.2, -0.15) is 0 Å². The quantitative estimate of drug-likeness (QED) is 0.691. The van der Waals surface area contributed by atoms with E-state index in [4.69, 9.17) is 0 Å². The molecule has 96 valence electrons. The Bertz CT molecular complexity index is 291. The highest BCUT2D eigenvalue weighted by atomic mass is 15.2. The Balaban J connectivity index is 1.50. The van der Waals surface area contributed by atoms with E-state index in [0.717, 1.165) is 23.8 Å². The van der Waals surface area contributed by atoms with Crippen molar-refractivity contribution < 1.29 is 0 Å². The molecule has 1 saturated carbocycles. The Morgan fingerprint density at radius 3 is 2.53 bits per heavy atom. The van der Waals surface area contributed by atoms with Gasteiger partial charge in [-0.1, -0.05) is 12.2 Å². The zero-order valence-electron chi connectivity index (χ0n) is 11.3. The maximum Gasteiger partial charge on any atom is 0.0117 e. The van der Waals surface area contributed by atoms with Crippen molar-refractivity contribution in [1.29, 1.82) is 0 Å². The second kappa shape index (κ2) is 4.74. The first-order valence-electron chi connectivity index (χ1n) is 7.29. The van der Waals surface area contributed by atoms with Crippen LogP contribution in [0.1, 0.15) is 25.7 Å². The minimum Gasteiger partial charge on any atom is -0.306 e. The van der Waals surface area contributed by atoms with Crippen LogP contribution in [0.5, 0.6) is 0 Å². The number of hydrogen-bond donors (Lipinski definition) is 0. The van der Waals surface area contributed by atoms with Gasteiger partial charge >= 0.3 is 0 Å². The van der Waals surface area contributed by atoms with Crippen LogP contribution in [0.15, 0.2) is 12.2 Å². The molecule has 0 aromatic heterocycles. The van der Waals surface area contributed by atoms with Gasteiger partial charge in [-0.3, -0.25) is 0 Å². The second-order valence-electron chi connectivity index (χ2n) is 6.51. The molecule has 0 N–H and O–H groups in total. The minimum absolute atomic E-state index is 0.842. The van der Waals surface area contributed by atoms with Gasteiger partial charge in [0, 0.05) is 12.6 Å². The van der Waals surface area contributed by atoms with Crippen molar-refractivity contribution in [3.05, 3.63) is 12.2 Å². The summed E-state index contributed by atoms with van der Waals surface area (Å²) in [4.78, 5) is 5.12. The van der Waals surface area contributed by atoms with Crippen LogP contribution in [0.25, 0.3) is 0 Å². The average Bonchev–Trinajstić information content (AvgIpc) is 2.91. The van der Waals surface area contributed by atoms with Gasteiger partial charge in [0.15, 0.2) is 0 Å². The van der Waals surface area contributed by atoms with Crippen molar-refractivity contribution in [2.24, 2.45) is 17.8 Å². The number of piperidine rings is 1. The number of likely N-dealkylation sites (tertiary alicyclic amines) is 1. The molecule has 1 saturated heterocycles. The number of rotatable bonds is 3. The van der Waals surface area contributed by atoms with E-state index in [0.29, 0.717) is 0 Å². The largest absolute Gasteiger partial charge is 0.306 e. The minimum atomic E-state index is 0.842. The molecule has 0 aromatic carbocycles. The molecule has 3 atom stereocenters. The van der Waals surface area contributed by atoms with Crippen molar-refractivity contribution in [2.45, 2.75) is 31.7 Å². The van der Waals surface area contributed by atoms with E-state index in [2.05, 4.69) is 36.0 Å². The molecule has 0 radical (unpaired) electrons. The number of hydrogen-bond acceptors (Lipinski definition) is 2. The van der Waals surface area contributed by atoms with E-state index in [1.807, 2.05) is 0 Å². The monoisotopic (exact) mass is 234 g/mol. The highest BCUT2D eigenvalue weighted by Crippen LogP contribution is 2.43. The van der Waals surface area contributed by atoms with E-state index in [1.54, 1.807) is 0 Å². The fraction of sp³-hybridized carbons (Fsp3) is 0.867. The van der Waals surface area contributed by atoms with Gasteiger partial charge in [0.05, 0.1) is 0 Å². The van der Waals surface area contributed by atoms with Gasteiger partial charge < -0.3 is 9.80 Å². The fourth-order valence-electron chi connectivity index (χ4n) is 4.06. The van der Waals surface area contributed by atoms with Crippen LogP contribution in [0.4, 0.5) is 0 Å². The number of fused-ring (bicyclic) bond motifs is 2. The van der Waals surface area contributed by atoms with Gasteiger partial charge in [0.25, 0.3) is 0 Å². The summed E-state index contributed by atoms with van der Waals surface area (Å²) in [5, 5.41) is 0. The summed E-state index contributed by atoms with van der Waals surface area (Å²) in [5.74, 6) is 2.79. The van der Waals surface area contributed by atoms with Gasteiger partial charge in [0.1, 0.15) is 0 Å². The lowest BCUT2D eigenvalue weighted by molar-refractivity contribution is 0.124. The van der Waals surface area contributed by atoms with E-state index < -0.39 is 0 Å². The summed E-state index contributed by atoms with van der Waals surface area (Å²) in [5.41, 5.74) is 0. The third-order valence-electron chi connectivity index (χ3n) is 5.25. The maximum absolute atomic E-state index is 2.66. The van der Waals surface area contributed by atoms with Crippen LogP contribution in [0.2, 0.25) is 0 Å². The highest BCUT2D eigenvalue weighted by molar-refractivity contribution is 5.10. The maximum atomic E-state index is 2.66. The molecule has 2 fully saturated rings. The first-order valence-corrected chi connectivity index (χ1v) is 7.29. The van der Waals surface area contributed by atoms with Crippen molar-refractivity contribution in [3.8, 4) is 0 Å². The summed E-state index contributed by atoms with van der Waals surface area (Å²) < 4.78 is 0. The molecule has 0 spiro atoms. The molecule has 3 aliphatic rings. The Hall–Kier alpha value is -0.340. The molecular weight excluding hydrogens is 208 g/mol. The molecule has 2 aliphatic carbocycles. The molecule has 2 bridgehead atoms. The number of allylic oxidation sites excluding steroid dienone is 2. The fourth-order valence-corrected chi connectivity index (χ4v) is 4.06. The summed E-state index contributed by atoms with van der Waals surface area (Å²) in [6, 6.07) is 0.842. The first-order chi connectivity index (χ1) is 8.22. The molecule has 0 amide bonds. The Morgan fingerprint density at radius 2 is 1.94 bits per heavy atom. The molecule has 2 heteroatoms. The molecule has 0 aromatic rings. The molecular formula is C15H26N2. The predicted molar refractivity (Wildman–Crippen MR) is 72.0 cm³/mol. The molecule has 3 rings (SSSR count). The van der Waals surface area contributed by atoms with Gasteiger partial charge in [0.2, 0.25) is 0 Å². The highest BCUT2D eigenvalue weighted by Gasteiger charge is 2.36. The van der Waals surface area contributed by atoms with Gasteiger partial charge in [-0.25, -0.2) is 0 Å². The third-order valence-corrected chi connectivity index (χ3v) is 5.25. The first kappa shape index (κ1) is 11.7. The number of nitrogens with zero attached hydrogens (tertiary/aromatic N) is 2. The normalized spacial score (nSPS) is 38.4. The summed E-state index contributed by atoms with van der Waals surface area (Å²) in [6.07, 6.45) is 10.6. The Kier molecular flexibility index (Phi) is 3.27. The van der Waals surface area contributed by atoms with Crippen LogP contribution in [0, 0.1) is 17.8 Å². The second-order valence-corrected chi connectivity index (χ2v) is 6.51. The van der Waals surface area contributed by atoms with Gasteiger partial charge in [-0.15, -0.1) is 0 Å². The SMILES string of the molecule is CN1CCC(N(C)CC2CC3C=CC2C3)CC1. The summed E-state index contributed by atoms with van der Waals surface area (Å²) >= 11 is 0. The van der Waals surface area contributed by atoms with Crippen molar-refractivity contribution in [3.63, 3.8) is 0 Å². The zero-order valence-corrected chi connectivity index (χ0v) is 11.3. The lowest BCUT2D eigenvalue weighted by Gasteiger charge is -2.37. The van der Waals surface area contributed by atoms with Crippen LogP contribution in [-0.4, -0.2) is 49.6 Å². The molecule has 3 unspecified atom stereocenters. The van der Waals surface area contributed by atoms with Crippen molar-refractivity contribution in [2.75, 3.05) is 33.7 Å². The van der Waals surface area contributed by atoms with Crippen LogP contribution in [0.3, 0.4) is 0 Å². The third kappa shape index (κ3) is 2.43. The van der Waals surface area contributed by atoms with Crippen LogP contribution < -0.4 is 0 Å². The van der Waals surface area contributed by atoms with Crippen LogP contribution >= 0.6 is 0 Å². The van der Waals surface area contributed by atoms with E-state index in [9.17, 15) is 0 Å². The predicted octanol–water partition coefficient (Wildman–Crippen LogP) is 2.22. The Morgan fingerprint density at radius 1 is 1.18 bits per heavy atom. The van der Waals surface area contributed by atoms with E-state index in [1.165, 1.54) is 45.3 Å². The van der Waals surface area contributed by atoms with E-state index in [-0.39, 0.29) is 0 Å². The van der Waals surface area contributed by atoms with Crippen molar-refractivity contribution >= 4 is 0 Å². The van der Waals surface area contributed by atoms with Gasteiger partial charge in [-0.05, 0) is 70.6 Å². The topological polar surface area (TPSA) is 6.48 Å². The summed E-state index contributed by atoms with van der Waals surface area (Å²) in [7, 11) is 4.60. The smallest absolute Gasteiger partial charge is 0.0117 e. The molecule has 1 heterocycles. The van der Waals surface area contributed by atoms with Crippen molar-refractivity contribution in [1.82, 2.24) is 9.80 Å². The Labute approximate surface area is 106 Å². The molecule has 1 aliphatic heterocycles. The lowest BCUT2D eigenvalue weighted by atomic mass is 9.92. The van der Waals surface area contributed by atoms with E-state index >= 15 is 0 Å². The molecule has 17 heavy (non-hydrogen) atoms.